The van der Waals surface area contributed by atoms with E-state index in [0.717, 1.165) is 78.8 Å². The van der Waals surface area contributed by atoms with E-state index in [-0.39, 0.29) is 150 Å². The highest BCUT2D eigenvalue weighted by Gasteiger charge is 2.35. The SMILES string of the molecule is CC1NS(=O)(=O)CCO1.NS(=O)(=O)CCOCc1ccccc1.O=S(=O)(Cl)CCOCc1ccccc1.O=S1(=O)CCN(CN2CCCCC2)CC1.O=S1(=O)CCN(CN2CCCOC2)CO1.O=S1(=O)CCNCO1.O=S1(=O)CCOCC1.O=S1(=O)CCOCN1CN1CCCCC1.O=S1(=O)CCOCN1CN1COCCS1(=O)=O.O=S1(=O)CCOCO1. The van der Waals surface area contributed by atoms with Gasteiger partial charge in [0.05, 0.1) is 181 Å². The first-order valence-electron chi connectivity index (χ1n) is 39.3. The maximum absolute atomic E-state index is 11.7. The first-order chi connectivity index (χ1) is 57.8. The van der Waals surface area contributed by atoms with Gasteiger partial charge in [0.25, 0.3) is 30.4 Å². The van der Waals surface area contributed by atoms with Gasteiger partial charge in [0.15, 0.2) is 26.5 Å². The molecule has 2 aromatic rings. The molecule has 12 aliphatic rings. The van der Waals surface area contributed by atoms with E-state index in [1.165, 1.54) is 55.9 Å². The van der Waals surface area contributed by atoms with E-state index in [2.05, 4.69) is 42.7 Å². The highest BCUT2D eigenvalue weighted by atomic mass is 35.7. The zero-order valence-corrected chi connectivity index (χ0v) is 78.8. The van der Waals surface area contributed by atoms with Crippen molar-refractivity contribution in [2.75, 3.05) is 274 Å². The Kier molecular flexibility index (Phi) is 50.6. The van der Waals surface area contributed by atoms with Crippen LogP contribution in [-0.4, -0.2) is 410 Å². The molecule has 2 aromatic carbocycles. The molecule has 123 heavy (non-hydrogen) atoms. The third kappa shape index (κ3) is 52.2. The van der Waals surface area contributed by atoms with E-state index in [1.54, 1.807) is 6.92 Å². The van der Waals surface area contributed by atoms with Crippen LogP contribution in [0.25, 0.3) is 0 Å². The summed E-state index contributed by atoms with van der Waals surface area (Å²) in [6, 6.07) is 19.1. The van der Waals surface area contributed by atoms with E-state index < -0.39 is 109 Å². The van der Waals surface area contributed by atoms with Crippen molar-refractivity contribution >= 4 is 120 Å². The van der Waals surface area contributed by atoms with Gasteiger partial charge in [-0.3, -0.25) is 38.2 Å². The second-order valence-electron chi connectivity index (χ2n) is 28.6. The van der Waals surface area contributed by atoms with Gasteiger partial charge in [0, 0.05) is 50.0 Å². The summed E-state index contributed by atoms with van der Waals surface area (Å²) in [6.07, 6.45) is 8.24. The molecule has 12 fully saturated rings. The minimum Gasteiger partial charge on any atom is -0.379 e. The summed E-state index contributed by atoms with van der Waals surface area (Å²) in [5, 5.41) is 7.55. The molecular formula is C66H122ClN11O34S11. The number of likely N-dealkylation sites (tertiary alicyclic amines) is 2. The number of halogens is 1. The number of nitrogens with zero attached hydrogens (tertiary/aromatic N) is 8. The fourth-order valence-corrected chi connectivity index (χ4v) is 21.4. The molecule has 14 rings (SSSR count). The fraction of sp³-hybridized carbons (Fsp3) is 0.818. The lowest BCUT2D eigenvalue weighted by atomic mass is 10.1. The van der Waals surface area contributed by atoms with Gasteiger partial charge in [-0.25, -0.2) is 76.7 Å². The number of ether oxygens (including phenoxy) is 9. The number of sulfonamides is 5. The lowest BCUT2D eigenvalue weighted by molar-refractivity contribution is -0.0507. The number of piperidine rings is 2. The van der Waals surface area contributed by atoms with Crippen molar-refractivity contribution in [2.24, 2.45) is 5.14 Å². The summed E-state index contributed by atoms with van der Waals surface area (Å²) in [6.45, 7) is 16.1. The molecule has 0 amide bonds. The Hall–Kier alpha value is -2.74. The van der Waals surface area contributed by atoms with Crippen molar-refractivity contribution in [3.8, 4) is 0 Å². The molecule has 0 aliphatic carbocycles. The second-order valence-corrected chi connectivity index (χ2v) is 51.3. The van der Waals surface area contributed by atoms with E-state index >= 15 is 0 Å². The molecule has 0 bridgehead atoms. The van der Waals surface area contributed by atoms with Crippen molar-refractivity contribution in [1.29, 1.82) is 0 Å². The van der Waals surface area contributed by atoms with Gasteiger partial charge < -0.3 is 42.6 Å². The molecule has 4 N–H and O–H groups in total. The van der Waals surface area contributed by atoms with E-state index in [0.29, 0.717) is 77.6 Å². The van der Waals surface area contributed by atoms with Gasteiger partial charge >= 0.3 is 0 Å². The molecule has 1 unspecified atom stereocenters. The number of rotatable bonds is 18. The first-order valence-corrected chi connectivity index (χ1v) is 58.4. The standard InChI is InChI=1S/C10H20N2O2S.C9H11ClO3S.C9H18N2O3S.C9H13NO3S.C8H16N2O4S.C7H14N2O6S2.C4H9NO3S.C4H8O3S.C3H7NO3S.C3H6O4S/c13-15(14)8-6-12(7-9-15)10-11-4-2-1-3-5-11;10-14(11,12)7-6-13-8-9-4-2-1-3-5-9;12-15(13)7-6-14-9-11(15)8-10-4-2-1-3-5-10;10-14(11,12)7-6-13-8-9-4-2-1-3-5-9;11-15(12)5-3-10(8-14-15)6-9-2-1-4-13-7-9;10-16(11)3-1-14-6-8(16)5-9-7-15-2-4-17(9,12)13;1-4-5-9(6,7)3-2-8-4;5-8(6)3-1-7-2-4-8;5-8(6)2-1-4-3-7-8;4-8(5)2-1-6-3-7-8/h1-10H2;1-5H,6-8H2;1-9H2;1-5H,6-8H2,(H2,10,11,12);1-8H2;1-7H2;4-5H,2-3H2,1H3;1-4H2;4H,1-3H2;1-3H2. The molecule has 0 aromatic heterocycles. The molecule has 0 radical (unpaired) electrons. The normalized spacial score (nSPS) is 25.3. The minimum absolute atomic E-state index is 0.0208. The van der Waals surface area contributed by atoms with Crippen molar-refractivity contribution in [3.63, 3.8) is 0 Å². The number of benzene rings is 2. The average Bonchev–Trinajstić information content (AvgIpc) is 0.801. The largest absolute Gasteiger partial charge is 0.379 e. The summed E-state index contributed by atoms with van der Waals surface area (Å²) < 4.78 is 305. The summed E-state index contributed by atoms with van der Waals surface area (Å²) in [7, 11) is -29.8. The van der Waals surface area contributed by atoms with Crippen molar-refractivity contribution in [3.05, 3.63) is 71.8 Å². The molecule has 57 heteroatoms. The van der Waals surface area contributed by atoms with E-state index in [9.17, 15) is 92.6 Å². The van der Waals surface area contributed by atoms with Gasteiger partial charge in [0.1, 0.15) is 39.9 Å². The van der Waals surface area contributed by atoms with Crippen LogP contribution in [0.5, 0.6) is 0 Å². The van der Waals surface area contributed by atoms with Crippen LogP contribution in [0.15, 0.2) is 60.7 Å². The Bertz CT molecular complexity index is 4350. The molecule has 12 aliphatic heterocycles. The van der Waals surface area contributed by atoms with Gasteiger partial charge in [-0.15, -0.1) is 0 Å². The summed E-state index contributed by atoms with van der Waals surface area (Å²) in [5.41, 5.74) is 2.03. The third-order valence-electron chi connectivity index (χ3n) is 18.3. The monoisotopic (exact) mass is 2000 g/mol. The van der Waals surface area contributed by atoms with Crippen LogP contribution in [0.3, 0.4) is 0 Å². The number of hydrogen-bond donors (Lipinski definition) is 3. The highest BCUT2D eigenvalue weighted by molar-refractivity contribution is 8.13. The van der Waals surface area contributed by atoms with Crippen molar-refractivity contribution < 1.29 is 148 Å². The van der Waals surface area contributed by atoms with Gasteiger partial charge in [0.2, 0.25) is 59.2 Å². The van der Waals surface area contributed by atoms with Gasteiger partial charge in [-0.2, -0.15) is 42.9 Å². The van der Waals surface area contributed by atoms with Crippen LogP contribution in [0.4, 0.5) is 0 Å². The molecule has 0 spiro atoms. The average molecular weight is 2000 g/mol. The maximum atomic E-state index is 11.7. The molecule has 0 saturated carbocycles. The maximum Gasteiger partial charge on any atom is 0.271 e. The Morgan fingerprint density at radius 1 is 0.407 bits per heavy atom. The molecule has 718 valence electrons. The summed E-state index contributed by atoms with van der Waals surface area (Å²) in [5.74, 6) is 0.923. The molecular weight excluding hydrogens is 1880 g/mol. The Morgan fingerprint density at radius 3 is 1.20 bits per heavy atom. The van der Waals surface area contributed by atoms with Crippen molar-refractivity contribution in [1.82, 2.24) is 47.5 Å². The smallest absolute Gasteiger partial charge is 0.271 e. The summed E-state index contributed by atoms with van der Waals surface area (Å²) in [4.78, 5) is 11.0. The minimum atomic E-state index is -3.43. The lowest BCUT2D eigenvalue weighted by Gasteiger charge is -2.34. The van der Waals surface area contributed by atoms with Crippen molar-refractivity contribution in [2.45, 2.75) is 71.3 Å². The van der Waals surface area contributed by atoms with Crippen LogP contribution in [0, 0.1) is 0 Å². The lowest BCUT2D eigenvalue weighted by Crippen LogP contribution is -2.51. The number of primary sulfonamides is 1. The predicted molar refractivity (Wildman–Crippen MR) is 454 cm³/mol. The quantitative estimate of drug-likeness (QED) is 0.0753. The fourth-order valence-electron chi connectivity index (χ4n) is 11.4. The first kappa shape index (κ1) is 111. The van der Waals surface area contributed by atoms with Crippen LogP contribution in [0.1, 0.15) is 63.0 Å². The van der Waals surface area contributed by atoms with E-state index in [1.807, 2.05) is 65.6 Å². The zero-order chi connectivity index (χ0) is 90.6. The zero-order valence-electron chi connectivity index (χ0n) is 69.0. The van der Waals surface area contributed by atoms with Gasteiger partial charge in [-0.05, 0) is 76.3 Å². The summed E-state index contributed by atoms with van der Waals surface area (Å²) >= 11 is 0. The van der Waals surface area contributed by atoms with Crippen LogP contribution >= 0.6 is 10.7 Å². The van der Waals surface area contributed by atoms with Crippen LogP contribution in [0.2, 0.25) is 0 Å². The van der Waals surface area contributed by atoms with Gasteiger partial charge in [-0.1, -0.05) is 73.5 Å². The highest BCUT2D eigenvalue weighted by Crippen LogP contribution is 2.18. The topological polar surface area (TPSA) is 562 Å². The molecule has 1 atom stereocenters. The number of nitrogens with one attached hydrogen (secondary N) is 2. The molecule has 12 heterocycles. The number of sulfone groups is 2. The number of hydrogen-bond acceptors (Lipinski definition) is 40. The second kappa shape index (κ2) is 56.2. The molecule has 45 nitrogen and oxygen atoms in total. The Morgan fingerprint density at radius 2 is 0.829 bits per heavy atom. The third-order valence-corrected chi connectivity index (χ3v) is 33.2. The Balaban J connectivity index is 0.000000245. The Labute approximate surface area is 731 Å². The van der Waals surface area contributed by atoms with Crippen LogP contribution in [-0.2, 0) is 178 Å². The molecule has 12 saturated heterocycles. The van der Waals surface area contributed by atoms with E-state index in [4.69, 9.17) is 57.9 Å². The van der Waals surface area contributed by atoms with Crippen LogP contribution < -0.4 is 15.2 Å². The predicted octanol–water partition coefficient (Wildman–Crippen LogP) is -3.17. The number of nitrogens with two attached hydrogens (primary N) is 1.